The van der Waals surface area contributed by atoms with Crippen LogP contribution in [-0.4, -0.2) is 23.6 Å². The lowest BCUT2D eigenvalue weighted by Gasteiger charge is -2.32. The Morgan fingerprint density at radius 2 is 2.47 bits per heavy atom. The van der Waals surface area contributed by atoms with Crippen LogP contribution in [0.5, 0.6) is 0 Å². The van der Waals surface area contributed by atoms with Crippen LogP contribution in [0.3, 0.4) is 0 Å². The average molecular weight is 235 g/mol. The molecule has 94 valence electrons. The first-order valence-electron chi connectivity index (χ1n) is 6.21. The van der Waals surface area contributed by atoms with Crippen molar-refractivity contribution in [2.24, 2.45) is 12.5 Å². The van der Waals surface area contributed by atoms with E-state index in [9.17, 15) is 4.79 Å². The molecule has 0 spiro atoms. The Hall–Kier alpha value is -1.29. The van der Waals surface area contributed by atoms with Gasteiger partial charge in [-0.05, 0) is 38.4 Å². The van der Waals surface area contributed by atoms with Crippen molar-refractivity contribution in [3.05, 3.63) is 24.0 Å². The normalized spacial score (nSPS) is 24.6. The maximum atomic E-state index is 12.2. The quantitative estimate of drug-likeness (QED) is 0.822. The van der Waals surface area contributed by atoms with Crippen LogP contribution in [0.25, 0.3) is 0 Å². The smallest absolute Gasteiger partial charge is 0.227 e. The molecule has 1 aliphatic heterocycles. The van der Waals surface area contributed by atoms with Crippen molar-refractivity contribution in [2.75, 3.05) is 13.1 Å². The molecule has 0 radical (unpaired) electrons. The number of piperidine rings is 1. The fraction of sp³-hybridized carbons (Fsp3) is 0.615. The van der Waals surface area contributed by atoms with Crippen LogP contribution in [0, 0.1) is 5.41 Å². The second kappa shape index (κ2) is 4.92. The van der Waals surface area contributed by atoms with E-state index >= 15 is 0 Å². The second-order valence-electron chi connectivity index (χ2n) is 5.13. The molecule has 1 aromatic rings. The van der Waals surface area contributed by atoms with E-state index in [1.165, 1.54) is 0 Å². The number of amides is 1. The van der Waals surface area contributed by atoms with E-state index in [4.69, 9.17) is 0 Å². The van der Waals surface area contributed by atoms with Crippen molar-refractivity contribution in [1.29, 1.82) is 0 Å². The minimum absolute atomic E-state index is 0.158. The molecule has 1 amide bonds. The summed E-state index contributed by atoms with van der Waals surface area (Å²) in [6.07, 6.45) is 4.04. The number of nitrogens with zero attached hydrogens (tertiary/aromatic N) is 1. The van der Waals surface area contributed by atoms with Crippen molar-refractivity contribution in [3.8, 4) is 0 Å². The van der Waals surface area contributed by atoms with E-state index in [1.807, 2.05) is 36.9 Å². The van der Waals surface area contributed by atoms with Gasteiger partial charge in [0.2, 0.25) is 5.91 Å². The molecule has 1 fully saturated rings. The molecule has 1 aliphatic rings. The van der Waals surface area contributed by atoms with E-state index in [0.29, 0.717) is 6.54 Å². The van der Waals surface area contributed by atoms with Gasteiger partial charge >= 0.3 is 0 Å². The molecule has 4 heteroatoms. The Morgan fingerprint density at radius 1 is 1.65 bits per heavy atom. The molecule has 0 saturated carbocycles. The Kier molecular flexibility index (Phi) is 3.52. The van der Waals surface area contributed by atoms with Crippen LogP contribution < -0.4 is 10.6 Å². The number of nitrogens with one attached hydrogen (secondary N) is 2. The number of carbonyl (C=O) groups is 1. The highest BCUT2D eigenvalue weighted by atomic mass is 16.2. The predicted octanol–water partition coefficient (Wildman–Crippen LogP) is 1.03. The number of carbonyl (C=O) groups excluding carboxylic acids is 1. The summed E-state index contributed by atoms with van der Waals surface area (Å²) in [5.74, 6) is 0.158. The zero-order chi connectivity index (χ0) is 12.3. The molecule has 1 atom stereocenters. The molecule has 0 aromatic carbocycles. The first-order valence-corrected chi connectivity index (χ1v) is 6.21. The highest BCUT2D eigenvalue weighted by molar-refractivity contribution is 5.82. The molecule has 4 nitrogen and oxygen atoms in total. The van der Waals surface area contributed by atoms with Crippen LogP contribution in [0.15, 0.2) is 18.3 Å². The number of hydrogen-bond donors (Lipinski definition) is 2. The number of aromatic nitrogens is 1. The summed E-state index contributed by atoms with van der Waals surface area (Å²) < 4.78 is 2.03. The summed E-state index contributed by atoms with van der Waals surface area (Å²) in [4.78, 5) is 12.2. The van der Waals surface area contributed by atoms with E-state index in [0.717, 1.165) is 31.6 Å². The Morgan fingerprint density at radius 3 is 3.06 bits per heavy atom. The fourth-order valence-corrected chi connectivity index (χ4v) is 2.31. The van der Waals surface area contributed by atoms with Gasteiger partial charge in [-0.2, -0.15) is 0 Å². The molecule has 0 aliphatic carbocycles. The third kappa shape index (κ3) is 2.69. The summed E-state index contributed by atoms with van der Waals surface area (Å²) in [5, 5.41) is 6.33. The molecule has 0 bridgehead atoms. The van der Waals surface area contributed by atoms with Crippen molar-refractivity contribution in [3.63, 3.8) is 0 Å². The average Bonchev–Trinajstić information content (AvgIpc) is 2.73. The first-order chi connectivity index (χ1) is 8.12. The molecule has 1 unspecified atom stereocenters. The van der Waals surface area contributed by atoms with Gasteiger partial charge in [0.15, 0.2) is 0 Å². The molecule has 2 rings (SSSR count). The number of hydrogen-bond acceptors (Lipinski definition) is 2. The lowest BCUT2D eigenvalue weighted by molar-refractivity contribution is -0.131. The van der Waals surface area contributed by atoms with E-state index < -0.39 is 0 Å². The lowest BCUT2D eigenvalue weighted by Crippen LogP contribution is -2.48. The summed E-state index contributed by atoms with van der Waals surface area (Å²) in [5.41, 5.74) is 0.884. The van der Waals surface area contributed by atoms with Crippen molar-refractivity contribution < 1.29 is 4.79 Å². The van der Waals surface area contributed by atoms with Gasteiger partial charge in [0.1, 0.15) is 0 Å². The summed E-state index contributed by atoms with van der Waals surface area (Å²) >= 11 is 0. The van der Waals surface area contributed by atoms with Gasteiger partial charge in [-0.1, -0.05) is 0 Å². The predicted molar refractivity (Wildman–Crippen MR) is 67.5 cm³/mol. The summed E-state index contributed by atoms with van der Waals surface area (Å²) in [6, 6.07) is 4.02. The maximum absolute atomic E-state index is 12.2. The third-order valence-electron chi connectivity index (χ3n) is 3.63. The summed E-state index contributed by atoms with van der Waals surface area (Å²) in [7, 11) is 1.99. The lowest BCUT2D eigenvalue weighted by atomic mass is 9.82. The molecule has 2 N–H and O–H groups in total. The van der Waals surface area contributed by atoms with Crippen LogP contribution in [0.1, 0.15) is 25.5 Å². The van der Waals surface area contributed by atoms with Crippen molar-refractivity contribution in [2.45, 2.75) is 26.3 Å². The molecule has 17 heavy (non-hydrogen) atoms. The van der Waals surface area contributed by atoms with Crippen LogP contribution in [0.2, 0.25) is 0 Å². The van der Waals surface area contributed by atoms with Crippen molar-refractivity contribution in [1.82, 2.24) is 15.2 Å². The minimum atomic E-state index is -0.247. The first kappa shape index (κ1) is 12.2. The maximum Gasteiger partial charge on any atom is 0.227 e. The van der Waals surface area contributed by atoms with E-state index in [-0.39, 0.29) is 11.3 Å². The Bertz CT molecular complexity index is 391. The molecule has 1 aromatic heterocycles. The van der Waals surface area contributed by atoms with Gasteiger partial charge in [0, 0.05) is 25.5 Å². The fourth-order valence-electron chi connectivity index (χ4n) is 2.31. The minimum Gasteiger partial charge on any atom is -0.353 e. The van der Waals surface area contributed by atoms with Crippen molar-refractivity contribution >= 4 is 5.91 Å². The van der Waals surface area contributed by atoms with Crippen LogP contribution in [0.4, 0.5) is 0 Å². The number of aryl methyl sites for hydroxylation is 1. The second-order valence-corrected chi connectivity index (χ2v) is 5.13. The Balaban J connectivity index is 1.91. The van der Waals surface area contributed by atoms with Crippen LogP contribution >= 0.6 is 0 Å². The molecular formula is C13H21N3O. The SMILES string of the molecule is Cn1cccc1CNC(=O)C1(C)CCCNC1. The van der Waals surface area contributed by atoms with Gasteiger partial charge in [-0.3, -0.25) is 4.79 Å². The highest BCUT2D eigenvalue weighted by Gasteiger charge is 2.34. The molecule has 2 heterocycles. The largest absolute Gasteiger partial charge is 0.353 e. The van der Waals surface area contributed by atoms with Gasteiger partial charge < -0.3 is 15.2 Å². The van der Waals surface area contributed by atoms with Gasteiger partial charge in [-0.15, -0.1) is 0 Å². The van der Waals surface area contributed by atoms with Crippen LogP contribution in [-0.2, 0) is 18.4 Å². The summed E-state index contributed by atoms with van der Waals surface area (Å²) in [6.45, 7) is 4.46. The topological polar surface area (TPSA) is 46.1 Å². The number of rotatable bonds is 3. The zero-order valence-corrected chi connectivity index (χ0v) is 10.6. The third-order valence-corrected chi connectivity index (χ3v) is 3.63. The monoisotopic (exact) mass is 235 g/mol. The van der Waals surface area contributed by atoms with E-state index in [2.05, 4.69) is 10.6 Å². The molecular weight excluding hydrogens is 214 g/mol. The van der Waals surface area contributed by atoms with Gasteiger partial charge in [-0.25, -0.2) is 0 Å². The highest BCUT2D eigenvalue weighted by Crippen LogP contribution is 2.25. The van der Waals surface area contributed by atoms with Gasteiger partial charge in [0.05, 0.1) is 12.0 Å². The Labute approximate surface area is 102 Å². The van der Waals surface area contributed by atoms with E-state index in [1.54, 1.807) is 0 Å². The molecule has 1 saturated heterocycles. The zero-order valence-electron chi connectivity index (χ0n) is 10.6. The van der Waals surface area contributed by atoms with Gasteiger partial charge in [0.25, 0.3) is 0 Å². The standard InChI is InChI=1S/C13H21N3O/c1-13(6-4-7-14-10-13)12(17)15-9-11-5-3-8-16(11)2/h3,5,8,14H,4,6-7,9-10H2,1-2H3,(H,15,17).